The van der Waals surface area contributed by atoms with Crippen LogP contribution in [0.5, 0.6) is 34.5 Å². The Morgan fingerprint density at radius 3 is 2.14 bits per heavy atom. The third-order valence-electron chi connectivity index (χ3n) is 12.7. The SMILES string of the molecule is O=C(NCCCCCCCCOc1ccc(Cc2nc3c(Cc4ccccc4)[nH]c(-c4ccc(O)cc4)cn-3c2=O)cc1F)c1ccc2c(c1)C1(OC2=O)c2ccc(O)cc2Oc2cc(O)ccc21. The number of halogens is 1. The average molecular weight is 927 g/mol. The Labute approximate surface area is 395 Å². The lowest BCUT2D eigenvalue weighted by Crippen LogP contribution is -2.33. The average Bonchev–Trinajstić information content (AvgIpc) is 3.82. The highest BCUT2D eigenvalue weighted by Crippen LogP contribution is 2.57. The van der Waals surface area contributed by atoms with Crippen LogP contribution in [0.4, 0.5) is 4.39 Å². The van der Waals surface area contributed by atoms with Crippen molar-refractivity contribution in [3.63, 3.8) is 0 Å². The van der Waals surface area contributed by atoms with E-state index < -0.39 is 17.4 Å². The Balaban J connectivity index is 0.695. The molecule has 0 aromatic heterocycles. The van der Waals surface area contributed by atoms with Crippen LogP contribution < -0.4 is 20.3 Å². The number of unbranched alkanes of at least 4 members (excludes halogenated alkanes) is 5. The van der Waals surface area contributed by atoms with Crippen molar-refractivity contribution in [1.29, 1.82) is 0 Å². The van der Waals surface area contributed by atoms with Crippen molar-refractivity contribution in [1.82, 2.24) is 19.9 Å². The molecule has 0 atom stereocenters. The molecule has 0 unspecified atom stereocenters. The lowest BCUT2D eigenvalue weighted by molar-refractivity contribution is 0.0224. The van der Waals surface area contributed by atoms with E-state index in [4.69, 9.17) is 19.2 Å². The van der Waals surface area contributed by atoms with E-state index >= 15 is 4.39 Å². The molecule has 4 heterocycles. The Morgan fingerprint density at radius 1 is 0.725 bits per heavy atom. The van der Waals surface area contributed by atoms with E-state index in [0.29, 0.717) is 70.2 Å². The molecule has 6 aromatic rings. The van der Waals surface area contributed by atoms with Crippen LogP contribution in [0.25, 0.3) is 17.1 Å². The Kier molecular flexibility index (Phi) is 12.1. The summed E-state index contributed by atoms with van der Waals surface area (Å²) in [5.41, 5.74) is 4.45. The van der Waals surface area contributed by atoms with E-state index in [1.165, 1.54) is 34.9 Å². The number of aromatic hydroxyl groups is 3. The van der Waals surface area contributed by atoms with E-state index in [1.54, 1.807) is 72.9 Å². The van der Waals surface area contributed by atoms with Gasteiger partial charge in [0, 0.05) is 60.0 Å². The second kappa shape index (κ2) is 18.7. The van der Waals surface area contributed by atoms with E-state index in [1.807, 2.05) is 30.3 Å². The predicted molar refractivity (Wildman–Crippen MR) is 254 cm³/mol. The van der Waals surface area contributed by atoms with Gasteiger partial charge < -0.3 is 39.8 Å². The normalized spacial score (nSPS) is 13.1. The van der Waals surface area contributed by atoms with Crippen LogP contribution in [0.2, 0.25) is 0 Å². The number of hydrogen-bond donors (Lipinski definition) is 5. The summed E-state index contributed by atoms with van der Waals surface area (Å²) in [7, 11) is 0. The molecule has 13 nitrogen and oxygen atoms in total. The Morgan fingerprint density at radius 2 is 1.42 bits per heavy atom. The summed E-state index contributed by atoms with van der Waals surface area (Å²) in [5, 5.41) is 33.3. The quantitative estimate of drug-likeness (QED) is 0.0462. The number of fused-ring (bicyclic) bond motifs is 7. The summed E-state index contributed by atoms with van der Waals surface area (Å²) in [6, 6.07) is 35.2. The summed E-state index contributed by atoms with van der Waals surface area (Å²) in [5.74, 6) is -0.197. The second-order valence-corrected chi connectivity index (χ2v) is 17.4. The van der Waals surface area contributed by atoms with Crippen LogP contribution in [0, 0.1) is 5.82 Å². The molecule has 10 rings (SSSR count). The Hall–Kier alpha value is -8.39. The van der Waals surface area contributed by atoms with Crippen LogP contribution in [0.15, 0.2) is 138 Å². The number of benzene rings is 6. The minimum Gasteiger partial charge on any atom is -0.508 e. The molecule has 0 radical (unpaired) electrons. The zero-order valence-corrected chi connectivity index (χ0v) is 37.3. The molecule has 0 bridgehead atoms. The second-order valence-electron chi connectivity index (χ2n) is 17.4. The minimum absolute atomic E-state index is 0.0502. The molecule has 5 N–H and O–H groups in total. The molecule has 348 valence electrons. The van der Waals surface area contributed by atoms with Crippen LogP contribution in [-0.4, -0.2) is 54.9 Å². The molecular formula is C55H47FN4O9. The maximum Gasteiger partial charge on any atom is 0.340 e. The molecule has 1 spiro atoms. The third-order valence-corrected chi connectivity index (χ3v) is 12.7. The first kappa shape index (κ1) is 44.4. The third kappa shape index (κ3) is 8.84. The molecule has 0 aliphatic carbocycles. The van der Waals surface area contributed by atoms with E-state index in [0.717, 1.165) is 55.3 Å². The molecule has 6 aromatic carbocycles. The molecule has 14 heteroatoms. The van der Waals surface area contributed by atoms with Gasteiger partial charge in [-0.2, -0.15) is 0 Å². The van der Waals surface area contributed by atoms with Gasteiger partial charge in [-0.15, -0.1) is 0 Å². The fourth-order valence-corrected chi connectivity index (χ4v) is 9.23. The fourth-order valence-electron chi connectivity index (χ4n) is 9.23. The number of hydrogen-bond acceptors (Lipinski definition) is 10. The summed E-state index contributed by atoms with van der Waals surface area (Å²) in [6.45, 7) is 0.803. The van der Waals surface area contributed by atoms with Crippen molar-refractivity contribution >= 4 is 11.9 Å². The number of nitrogens with zero attached hydrogens (tertiary/aromatic N) is 2. The van der Waals surface area contributed by atoms with Crippen molar-refractivity contribution in [3.05, 3.63) is 200 Å². The van der Waals surface area contributed by atoms with Crippen molar-refractivity contribution in [2.24, 2.45) is 0 Å². The lowest BCUT2D eigenvalue weighted by Gasteiger charge is -2.36. The summed E-state index contributed by atoms with van der Waals surface area (Å²) in [4.78, 5) is 48.6. The van der Waals surface area contributed by atoms with Gasteiger partial charge in [-0.1, -0.05) is 62.1 Å². The van der Waals surface area contributed by atoms with Crippen LogP contribution in [-0.2, 0) is 23.2 Å². The number of phenols is 3. The fraction of sp³-hybridized carbons (Fsp3) is 0.200. The van der Waals surface area contributed by atoms with E-state index in [2.05, 4.69) is 10.3 Å². The number of carbonyl (C=O) groups is 2. The van der Waals surface area contributed by atoms with E-state index in [-0.39, 0.29) is 52.4 Å². The van der Waals surface area contributed by atoms with Gasteiger partial charge in [-0.25, -0.2) is 14.2 Å². The van der Waals surface area contributed by atoms with Gasteiger partial charge >= 0.3 is 5.97 Å². The molecule has 0 fully saturated rings. The smallest absolute Gasteiger partial charge is 0.340 e. The molecule has 4 aliphatic rings. The number of amides is 1. The number of aromatic nitrogens is 3. The van der Waals surface area contributed by atoms with Crippen molar-refractivity contribution in [3.8, 4) is 51.6 Å². The minimum atomic E-state index is -1.46. The lowest BCUT2D eigenvalue weighted by atomic mass is 9.77. The Bertz CT molecular complexity index is 3210. The first-order chi connectivity index (χ1) is 33.5. The largest absolute Gasteiger partial charge is 0.508 e. The van der Waals surface area contributed by atoms with Gasteiger partial charge in [0.25, 0.3) is 11.5 Å². The van der Waals surface area contributed by atoms with Gasteiger partial charge in [0.2, 0.25) is 0 Å². The standard InChI is InChI=1S/C55H47FN4O9/c56-44-26-34(28-46-53(65)60-32-47(35-13-16-37(61)17-14-35)58-45(51(60)59-46)27-33-10-6-5-7-11-33)12-23-48(44)67-25-9-4-2-1-3-8-24-57-52(64)36-15-20-40-43(29-36)55(69-54(40)66)41-21-18-38(62)30-49(41)68-50-31-39(63)19-22-42(50)55/h5-7,10-23,26,29-32,58,61-63H,1-4,8-9,24-25,27-28H2,(H,57,64). The molecule has 0 saturated carbocycles. The van der Waals surface area contributed by atoms with Gasteiger partial charge in [0.05, 0.1) is 23.6 Å². The predicted octanol–water partition coefficient (Wildman–Crippen LogP) is 9.82. The van der Waals surface area contributed by atoms with Gasteiger partial charge in [-0.3, -0.25) is 14.2 Å². The maximum absolute atomic E-state index is 15.3. The van der Waals surface area contributed by atoms with Crippen LogP contribution in [0.3, 0.4) is 0 Å². The number of ether oxygens (including phenoxy) is 3. The number of esters is 1. The van der Waals surface area contributed by atoms with Gasteiger partial charge in [-0.05, 0) is 108 Å². The van der Waals surface area contributed by atoms with Crippen molar-refractivity contribution in [2.75, 3.05) is 13.2 Å². The van der Waals surface area contributed by atoms with Crippen molar-refractivity contribution in [2.45, 2.75) is 57.0 Å². The van der Waals surface area contributed by atoms with E-state index in [9.17, 15) is 29.7 Å². The number of phenolic OH excluding ortho intramolecular Hbond substituents is 3. The molecule has 4 aliphatic heterocycles. The first-order valence-corrected chi connectivity index (χ1v) is 22.9. The highest BCUT2D eigenvalue weighted by Gasteiger charge is 2.54. The van der Waals surface area contributed by atoms with Crippen molar-refractivity contribution < 1.29 is 43.5 Å². The highest BCUT2D eigenvalue weighted by atomic mass is 19.1. The molecular weight excluding hydrogens is 880 g/mol. The van der Waals surface area contributed by atoms with Gasteiger partial charge in [0.1, 0.15) is 34.4 Å². The number of carbonyl (C=O) groups excluding carboxylic acids is 2. The number of aromatic amines is 1. The summed E-state index contributed by atoms with van der Waals surface area (Å²) < 4.78 is 34.8. The summed E-state index contributed by atoms with van der Waals surface area (Å²) in [6.07, 6.45) is 7.51. The maximum atomic E-state index is 15.3. The van der Waals surface area contributed by atoms with Gasteiger partial charge in [0.15, 0.2) is 23.0 Å². The number of nitrogens with one attached hydrogen (secondary N) is 2. The van der Waals surface area contributed by atoms with Crippen LogP contribution >= 0.6 is 0 Å². The monoisotopic (exact) mass is 926 g/mol. The number of H-pyrrole nitrogens is 1. The highest BCUT2D eigenvalue weighted by molar-refractivity contribution is 6.00. The number of imidazole rings is 1. The first-order valence-electron chi connectivity index (χ1n) is 22.9. The molecule has 0 saturated heterocycles. The number of rotatable bonds is 16. The zero-order chi connectivity index (χ0) is 47.6. The topological polar surface area (TPSA) is 185 Å². The zero-order valence-electron chi connectivity index (χ0n) is 37.3. The summed E-state index contributed by atoms with van der Waals surface area (Å²) >= 11 is 0. The molecule has 1 amide bonds. The van der Waals surface area contributed by atoms with Crippen LogP contribution in [0.1, 0.15) is 98.4 Å². The molecule has 69 heavy (non-hydrogen) atoms.